The lowest BCUT2D eigenvalue weighted by molar-refractivity contribution is 0.0593. The normalized spacial score (nSPS) is 13.2. The Labute approximate surface area is 213 Å². The van der Waals surface area contributed by atoms with E-state index in [9.17, 15) is 4.79 Å². The average molecular weight is 485 g/mol. The molecule has 0 bridgehead atoms. The van der Waals surface area contributed by atoms with E-state index in [1.165, 1.54) is 16.7 Å². The summed E-state index contributed by atoms with van der Waals surface area (Å²) in [6, 6.07) is 24.9. The topological polar surface area (TPSA) is 74.5 Å². The molecule has 3 aromatic carbocycles. The molecule has 0 radical (unpaired) electrons. The minimum Gasteiger partial charge on any atom is -0.442 e. The maximum Gasteiger partial charge on any atom is 0.437 e. The van der Waals surface area contributed by atoms with E-state index in [1.54, 1.807) is 0 Å². The van der Waals surface area contributed by atoms with Gasteiger partial charge >= 0.3 is 6.09 Å². The third kappa shape index (κ3) is 5.94. The molecule has 6 nitrogen and oxygen atoms in total. The van der Waals surface area contributed by atoms with Crippen molar-refractivity contribution in [2.24, 2.45) is 10.7 Å². The van der Waals surface area contributed by atoms with Gasteiger partial charge in [0.2, 0.25) is 5.62 Å². The molecule has 6 heteroatoms. The van der Waals surface area contributed by atoms with Gasteiger partial charge in [0.15, 0.2) is 0 Å². The Hall–Kier alpha value is -3.64. The van der Waals surface area contributed by atoms with Crippen molar-refractivity contribution in [2.45, 2.75) is 59.2 Å². The van der Waals surface area contributed by atoms with Crippen LogP contribution in [0.3, 0.4) is 0 Å². The highest BCUT2D eigenvalue weighted by molar-refractivity contribution is 5.77. The summed E-state index contributed by atoms with van der Waals surface area (Å²) in [4.78, 5) is 17.5. The van der Waals surface area contributed by atoms with Gasteiger partial charge in [0, 0.05) is 6.54 Å². The van der Waals surface area contributed by atoms with Crippen molar-refractivity contribution in [1.29, 1.82) is 0 Å². The van der Waals surface area contributed by atoms with Gasteiger partial charge < -0.3 is 19.6 Å². The second kappa shape index (κ2) is 10.5. The standard InChI is InChI=1S/C30H36N4O2/c1-21-10-14-23(15-11-21)18-25(19-31)34-27-9-7-6-8-26(27)33(20-24-16-12-22(2)13-17-24)28(34)32-29(35)36-30(3,4)5/h6-17,25H,18-20,31H2,1-5H3. The number of carbonyl (C=O) groups excluding carboxylic acids is 1. The molecule has 0 fully saturated rings. The first-order chi connectivity index (χ1) is 17.1. The molecule has 1 heterocycles. The van der Waals surface area contributed by atoms with Gasteiger partial charge in [-0.1, -0.05) is 71.8 Å². The molecule has 0 aliphatic heterocycles. The zero-order chi connectivity index (χ0) is 25.9. The number of hydrogen-bond donors (Lipinski definition) is 1. The van der Waals surface area contributed by atoms with Crippen LogP contribution in [-0.2, 0) is 17.7 Å². The lowest BCUT2D eigenvalue weighted by Gasteiger charge is -2.20. The first-order valence-corrected chi connectivity index (χ1v) is 12.4. The number of rotatable bonds is 6. The summed E-state index contributed by atoms with van der Waals surface area (Å²) in [5, 5.41) is 0. The number of benzene rings is 3. The molecule has 1 aromatic heterocycles. The maximum absolute atomic E-state index is 13.0. The molecule has 1 amide bonds. The van der Waals surface area contributed by atoms with Crippen LogP contribution in [0.5, 0.6) is 0 Å². The number of amides is 1. The van der Waals surface area contributed by atoms with Gasteiger partial charge in [-0.25, -0.2) is 4.79 Å². The van der Waals surface area contributed by atoms with Crippen LogP contribution < -0.4 is 11.4 Å². The fourth-order valence-corrected chi connectivity index (χ4v) is 4.39. The minimum atomic E-state index is -0.644. The van der Waals surface area contributed by atoms with Crippen LogP contribution in [0.2, 0.25) is 0 Å². The lowest BCUT2D eigenvalue weighted by atomic mass is 10.0. The van der Waals surface area contributed by atoms with Crippen molar-refractivity contribution in [1.82, 2.24) is 9.13 Å². The highest BCUT2D eigenvalue weighted by atomic mass is 16.6. The number of aromatic nitrogens is 2. The third-order valence-corrected chi connectivity index (χ3v) is 6.16. The van der Waals surface area contributed by atoms with Crippen molar-refractivity contribution in [2.75, 3.05) is 6.54 Å². The zero-order valence-corrected chi connectivity index (χ0v) is 21.9. The van der Waals surface area contributed by atoms with E-state index in [0.717, 1.165) is 23.0 Å². The number of aryl methyl sites for hydroxylation is 2. The molecule has 0 aliphatic carbocycles. The van der Waals surface area contributed by atoms with Crippen LogP contribution in [-0.4, -0.2) is 27.4 Å². The SMILES string of the molecule is Cc1ccc(CC(CN)n2c(=NC(=O)OC(C)(C)C)n(Cc3ccc(C)cc3)c3ccccc32)cc1. The summed E-state index contributed by atoms with van der Waals surface area (Å²) in [6.07, 6.45) is 0.104. The van der Waals surface area contributed by atoms with Crippen molar-refractivity contribution in [3.8, 4) is 0 Å². The zero-order valence-electron chi connectivity index (χ0n) is 21.9. The molecule has 4 rings (SSSR count). The molecular weight excluding hydrogens is 448 g/mol. The van der Waals surface area contributed by atoms with Gasteiger partial charge in [0.05, 0.1) is 23.6 Å². The number of carbonyl (C=O) groups is 1. The number of nitrogens with zero attached hydrogens (tertiary/aromatic N) is 3. The van der Waals surface area contributed by atoms with E-state index in [1.807, 2.05) is 32.9 Å². The van der Waals surface area contributed by atoms with E-state index in [-0.39, 0.29) is 6.04 Å². The van der Waals surface area contributed by atoms with Gasteiger partial charge in [-0.15, -0.1) is 4.99 Å². The van der Waals surface area contributed by atoms with Gasteiger partial charge in [0.25, 0.3) is 0 Å². The third-order valence-electron chi connectivity index (χ3n) is 6.16. The summed E-state index contributed by atoms with van der Waals surface area (Å²) in [7, 11) is 0. The summed E-state index contributed by atoms with van der Waals surface area (Å²) in [5.41, 5.74) is 12.9. The minimum absolute atomic E-state index is 0.0990. The Bertz CT molecular complexity index is 1400. The van der Waals surface area contributed by atoms with Crippen LogP contribution in [0.15, 0.2) is 77.8 Å². The predicted molar refractivity (Wildman–Crippen MR) is 145 cm³/mol. The monoisotopic (exact) mass is 484 g/mol. The number of para-hydroxylation sites is 2. The molecule has 2 N–H and O–H groups in total. The predicted octanol–water partition coefficient (Wildman–Crippen LogP) is 5.69. The smallest absolute Gasteiger partial charge is 0.437 e. The van der Waals surface area contributed by atoms with E-state index in [2.05, 4.69) is 88.6 Å². The lowest BCUT2D eigenvalue weighted by Crippen LogP contribution is -2.35. The van der Waals surface area contributed by atoms with Crippen LogP contribution in [0.25, 0.3) is 11.0 Å². The van der Waals surface area contributed by atoms with E-state index in [4.69, 9.17) is 10.5 Å². The first kappa shape index (κ1) is 25.5. The molecule has 0 spiro atoms. The number of fused-ring (bicyclic) bond motifs is 1. The Kier molecular flexibility index (Phi) is 7.45. The fourth-order valence-electron chi connectivity index (χ4n) is 4.39. The Morgan fingerprint density at radius 1 is 0.889 bits per heavy atom. The highest BCUT2D eigenvalue weighted by Gasteiger charge is 2.22. The van der Waals surface area contributed by atoms with Gasteiger partial charge in [0.1, 0.15) is 5.60 Å². The number of nitrogens with two attached hydrogens (primary N) is 1. The molecule has 0 saturated heterocycles. The van der Waals surface area contributed by atoms with Crippen LogP contribution in [0, 0.1) is 13.8 Å². The highest BCUT2D eigenvalue weighted by Crippen LogP contribution is 2.22. The fraction of sp³-hybridized carbons (Fsp3) is 0.333. The summed E-state index contributed by atoms with van der Waals surface area (Å²) in [5.74, 6) is 0. The second-order valence-electron chi connectivity index (χ2n) is 10.4. The Balaban J connectivity index is 1.92. The van der Waals surface area contributed by atoms with Crippen LogP contribution >= 0.6 is 0 Å². The van der Waals surface area contributed by atoms with Gasteiger partial charge in [-0.2, -0.15) is 0 Å². The molecule has 36 heavy (non-hydrogen) atoms. The Morgan fingerprint density at radius 2 is 1.44 bits per heavy atom. The van der Waals surface area contributed by atoms with Crippen molar-refractivity contribution in [3.05, 3.63) is 101 Å². The molecular formula is C30H36N4O2. The number of imidazole rings is 1. The molecule has 0 aliphatic rings. The average Bonchev–Trinajstić information content (AvgIpc) is 3.11. The maximum atomic E-state index is 13.0. The first-order valence-electron chi connectivity index (χ1n) is 12.4. The molecule has 1 atom stereocenters. The van der Waals surface area contributed by atoms with E-state index in [0.29, 0.717) is 18.7 Å². The van der Waals surface area contributed by atoms with Crippen molar-refractivity contribution < 1.29 is 9.53 Å². The van der Waals surface area contributed by atoms with Gasteiger partial charge in [-0.3, -0.25) is 0 Å². The van der Waals surface area contributed by atoms with Crippen molar-refractivity contribution in [3.63, 3.8) is 0 Å². The summed E-state index contributed by atoms with van der Waals surface area (Å²) in [6.45, 7) is 10.6. The quantitative estimate of drug-likeness (QED) is 0.382. The summed E-state index contributed by atoms with van der Waals surface area (Å²) >= 11 is 0. The van der Waals surface area contributed by atoms with Gasteiger partial charge in [-0.05, 0) is 64.3 Å². The van der Waals surface area contributed by atoms with E-state index < -0.39 is 11.7 Å². The largest absolute Gasteiger partial charge is 0.442 e. The number of hydrogen-bond acceptors (Lipinski definition) is 3. The number of ether oxygens (including phenoxy) is 1. The summed E-state index contributed by atoms with van der Waals surface area (Å²) < 4.78 is 9.78. The Morgan fingerprint density at radius 3 is 2.00 bits per heavy atom. The molecule has 1 unspecified atom stereocenters. The molecule has 4 aromatic rings. The second-order valence-corrected chi connectivity index (χ2v) is 10.4. The molecule has 0 saturated carbocycles. The molecule has 188 valence electrons. The van der Waals surface area contributed by atoms with Crippen molar-refractivity contribution >= 4 is 17.1 Å². The van der Waals surface area contributed by atoms with E-state index >= 15 is 0 Å². The van der Waals surface area contributed by atoms with Crippen LogP contribution in [0.4, 0.5) is 4.79 Å². The van der Waals surface area contributed by atoms with Crippen LogP contribution in [0.1, 0.15) is 49.1 Å².